The summed E-state index contributed by atoms with van der Waals surface area (Å²) in [7, 11) is 0. The Bertz CT molecular complexity index is 5120. The minimum absolute atomic E-state index is 0.00184. The Hall–Kier alpha value is -5.64. The van der Waals surface area contributed by atoms with Gasteiger partial charge in [0.2, 0.25) is 0 Å². The molecule has 0 saturated carbocycles. The molecular weight excluding hydrogens is 1740 g/mol. The predicted octanol–water partition coefficient (Wildman–Crippen LogP) is 36.8. The third-order valence-electron chi connectivity index (χ3n) is 26.5. The highest BCUT2D eigenvalue weighted by atomic mass is 32.1. The SMILES string of the molecule is CCCCCCCCCCCCC(CCCCCCCCCC)CN1C(=O)C2=C(c3ccc(-c4cc5sc(-c6ccc(C7=C8C(=O)N(CCCCCCCCCCCC)C(c9ccc(-c%10cc%11sc(-c%12cccs%12)cc%11s%10)s9)=C8C(=O)N7CCCCCCCCCCCC)s6)cc5s4)s3)N(CCCCCCCCCCCC)C(=O)C2=C1c1ccc(-c2cccs2)s1. The number of hydrogen-bond acceptors (Lipinski definition) is 14. The minimum Gasteiger partial charge on any atom is -0.306 e. The number of fused-ring (bicyclic) bond motifs is 4. The molecule has 0 bridgehead atoms. The maximum Gasteiger partial charge on any atom is 0.261 e. The van der Waals surface area contributed by atoms with Crippen molar-refractivity contribution in [1.82, 2.24) is 19.6 Å². The van der Waals surface area contributed by atoms with Crippen LogP contribution in [0.5, 0.6) is 0 Å². The van der Waals surface area contributed by atoms with Crippen molar-refractivity contribution < 1.29 is 19.2 Å². The maximum absolute atomic E-state index is 16.3. The lowest BCUT2D eigenvalue weighted by atomic mass is 9.93. The first kappa shape index (κ1) is 96.4. The van der Waals surface area contributed by atoms with E-state index in [1.807, 2.05) is 60.0 Å². The molecule has 1 unspecified atom stereocenters. The van der Waals surface area contributed by atoms with Crippen molar-refractivity contribution in [3.8, 4) is 48.8 Å². The largest absolute Gasteiger partial charge is 0.306 e. The van der Waals surface area contributed by atoms with E-state index >= 15 is 19.2 Å². The van der Waals surface area contributed by atoms with Crippen LogP contribution in [0.4, 0.5) is 0 Å². The van der Waals surface area contributed by atoms with E-state index in [4.69, 9.17) is 0 Å². The van der Waals surface area contributed by atoms with Crippen LogP contribution < -0.4 is 0 Å². The topological polar surface area (TPSA) is 81.2 Å². The van der Waals surface area contributed by atoms with Crippen LogP contribution in [0.25, 0.3) is 90.4 Å². The van der Waals surface area contributed by atoms with Crippen molar-refractivity contribution >= 4 is 179 Å². The Morgan fingerprint density at radius 1 is 0.222 bits per heavy atom. The number of amides is 4. The highest BCUT2D eigenvalue weighted by Gasteiger charge is 2.51. The van der Waals surface area contributed by atoms with Crippen molar-refractivity contribution in [2.75, 3.05) is 26.2 Å². The average Bonchev–Trinajstić information content (AvgIpc) is 1.56. The van der Waals surface area contributed by atoms with Gasteiger partial charge in [-0.15, -0.1) is 113 Å². The highest BCUT2D eigenvalue weighted by molar-refractivity contribution is 7.34. The first-order valence-electron chi connectivity index (χ1n) is 49.9. The van der Waals surface area contributed by atoms with E-state index in [0.717, 1.165) is 123 Å². The summed E-state index contributed by atoms with van der Waals surface area (Å²) in [6.07, 6.45) is 61.7. The van der Waals surface area contributed by atoms with E-state index in [0.29, 0.717) is 54.4 Å². The zero-order chi connectivity index (χ0) is 87.2. The maximum atomic E-state index is 16.3. The number of carbonyl (C=O) groups is 4. The van der Waals surface area contributed by atoms with E-state index in [9.17, 15) is 0 Å². The van der Waals surface area contributed by atoms with Gasteiger partial charge < -0.3 is 19.6 Å². The van der Waals surface area contributed by atoms with Gasteiger partial charge in [-0.3, -0.25) is 19.2 Å². The van der Waals surface area contributed by atoms with Crippen LogP contribution in [-0.4, -0.2) is 69.4 Å². The normalized spacial score (nSPS) is 14.7. The van der Waals surface area contributed by atoms with E-state index in [-0.39, 0.29) is 23.6 Å². The second-order valence-electron chi connectivity index (χ2n) is 36.3. The molecule has 0 aliphatic carbocycles. The van der Waals surface area contributed by atoms with Crippen LogP contribution in [0.1, 0.15) is 375 Å². The molecule has 4 aliphatic heterocycles. The van der Waals surface area contributed by atoms with Crippen LogP contribution >= 0.6 is 113 Å². The smallest absolute Gasteiger partial charge is 0.261 e. The van der Waals surface area contributed by atoms with Gasteiger partial charge >= 0.3 is 0 Å². The third-order valence-corrected chi connectivity index (χ3v) is 38.1. The minimum atomic E-state index is -0.0325. The van der Waals surface area contributed by atoms with Crippen LogP contribution in [0.2, 0.25) is 0 Å². The fraction of sp³-hybridized carbons (Fsp3) is 0.556. The Balaban J connectivity index is 0.756. The van der Waals surface area contributed by atoms with E-state index in [1.165, 1.54) is 308 Å². The third kappa shape index (κ3) is 25.2. The summed E-state index contributed by atoms with van der Waals surface area (Å²) in [6, 6.07) is 35.8. The summed E-state index contributed by atoms with van der Waals surface area (Å²) in [5, 5.41) is 4.30. The van der Waals surface area contributed by atoms with Crippen LogP contribution in [0.3, 0.4) is 0 Å². The number of rotatable bonds is 64. The van der Waals surface area contributed by atoms with Crippen LogP contribution in [0, 0.1) is 5.92 Å². The molecule has 1 atom stereocenters. The van der Waals surface area contributed by atoms with Crippen molar-refractivity contribution in [2.24, 2.45) is 5.92 Å². The fourth-order valence-corrected chi connectivity index (χ4v) is 30.3. The number of thiophene rings is 10. The van der Waals surface area contributed by atoms with E-state index in [2.05, 4.69) is 147 Å². The van der Waals surface area contributed by atoms with Gasteiger partial charge in [0.1, 0.15) is 0 Å². The molecule has 4 aliphatic rings. The quantitative estimate of drug-likeness (QED) is 0.0356. The first-order chi connectivity index (χ1) is 62.1. The van der Waals surface area contributed by atoms with Gasteiger partial charge in [0.15, 0.2) is 0 Å². The molecule has 0 aromatic carbocycles. The molecule has 10 aromatic heterocycles. The summed E-state index contributed by atoms with van der Waals surface area (Å²) < 4.78 is 5.02. The molecule has 14 rings (SSSR count). The molecule has 0 spiro atoms. The molecular formula is C108H142N4O4S10. The second kappa shape index (κ2) is 50.8. The Morgan fingerprint density at radius 3 is 0.698 bits per heavy atom. The Labute approximate surface area is 796 Å². The summed E-state index contributed by atoms with van der Waals surface area (Å²) in [6.45, 7) is 13.8. The number of carbonyl (C=O) groups excluding carboxylic acids is 4. The molecule has 10 aromatic rings. The van der Waals surface area contributed by atoms with Gasteiger partial charge in [-0.2, -0.15) is 0 Å². The molecule has 0 fully saturated rings. The van der Waals surface area contributed by atoms with E-state index < -0.39 is 0 Å². The van der Waals surface area contributed by atoms with Crippen molar-refractivity contribution in [3.63, 3.8) is 0 Å². The monoisotopic (exact) mass is 1880 g/mol. The summed E-state index contributed by atoms with van der Waals surface area (Å²) in [5.41, 5.74) is 5.65. The van der Waals surface area contributed by atoms with Gasteiger partial charge in [-0.05, 0) is 134 Å². The molecule has 4 amide bonds. The lowest BCUT2D eigenvalue weighted by Gasteiger charge is -2.28. The fourth-order valence-electron chi connectivity index (χ4n) is 19.4. The van der Waals surface area contributed by atoms with Gasteiger partial charge in [0, 0.05) is 93.8 Å². The molecule has 126 heavy (non-hydrogen) atoms. The van der Waals surface area contributed by atoms with E-state index in [1.54, 1.807) is 68.0 Å². The van der Waals surface area contributed by atoms with Crippen molar-refractivity contribution in [1.29, 1.82) is 0 Å². The first-order valence-corrected chi connectivity index (χ1v) is 58.2. The molecule has 0 radical (unpaired) electrons. The lowest BCUT2D eigenvalue weighted by molar-refractivity contribution is -0.124. The highest BCUT2D eigenvalue weighted by Crippen LogP contribution is 2.55. The number of unbranched alkanes of at least 4 members (excludes halogenated alkanes) is 43. The van der Waals surface area contributed by atoms with Crippen molar-refractivity contribution in [2.45, 2.75) is 356 Å². The van der Waals surface area contributed by atoms with Gasteiger partial charge in [0.05, 0.1) is 64.6 Å². The number of hydrogen-bond donors (Lipinski definition) is 0. The molecule has 14 heterocycles. The molecule has 18 heteroatoms. The zero-order valence-corrected chi connectivity index (χ0v) is 84.8. The molecule has 0 N–H and O–H groups in total. The lowest BCUT2D eigenvalue weighted by Crippen LogP contribution is -2.33. The summed E-state index contributed by atoms with van der Waals surface area (Å²) in [5.74, 6) is 0.262. The van der Waals surface area contributed by atoms with Crippen LogP contribution in [0.15, 0.2) is 130 Å². The second-order valence-corrected chi connectivity index (χ2v) is 46.9. The van der Waals surface area contributed by atoms with Crippen molar-refractivity contribution in [3.05, 3.63) is 150 Å². The number of nitrogens with zero attached hydrogens (tertiary/aromatic N) is 4. The standard InChI is InChI=1S/C108H142N4O4S10/c1-6-11-16-21-26-31-35-40-45-50-57-78(56-49-44-39-30-25-20-15-10-5)77-112-104(88-64-60-81(119-88)79-58-54-71-117-79)100-99(108(112)116)103(111(107(100)115)70-53-48-43-38-34-29-24-19-14-9-4)87-67-63-84(122-87)92-76-96-95(126-92)75-91(125-96)83-62-66-86(121-83)102-98-97(105(113)110(102)69-52-47-42-37-33-28-23-18-13-8-3)101(109(106(98)114)68-51-46-41-36-32-27-22-17-12-7-2)85-65-61-82(120-85)90-74-94-93(124-90)73-89(123-94)80-59-55-72-118-80/h54-55,58-67,71-76,78H,6-53,56-57,68-70,77H2,1-5H3. The Morgan fingerprint density at radius 2 is 0.437 bits per heavy atom. The zero-order valence-electron chi connectivity index (χ0n) is 76.7. The molecule has 0 saturated heterocycles. The molecule has 8 nitrogen and oxygen atoms in total. The summed E-state index contributed by atoms with van der Waals surface area (Å²) in [4.78, 5) is 88.3. The van der Waals surface area contributed by atoms with Gasteiger partial charge in [0.25, 0.3) is 23.6 Å². The predicted molar refractivity (Wildman–Crippen MR) is 558 cm³/mol. The van der Waals surface area contributed by atoms with Gasteiger partial charge in [-0.1, -0.05) is 336 Å². The average molecular weight is 1880 g/mol. The molecule has 678 valence electrons. The summed E-state index contributed by atoms with van der Waals surface area (Å²) >= 11 is 17.8. The van der Waals surface area contributed by atoms with Gasteiger partial charge in [-0.25, -0.2) is 0 Å². The Kier molecular flexibility index (Phi) is 38.9. The van der Waals surface area contributed by atoms with Crippen LogP contribution in [-0.2, 0) is 19.2 Å².